The van der Waals surface area contributed by atoms with Crippen molar-refractivity contribution >= 4 is 11.6 Å². The minimum absolute atomic E-state index is 0.274. The molecule has 0 aliphatic heterocycles. The van der Waals surface area contributed by atoms with Crippen LogP contribution in [0.2, 0.25) is 0 Å². The predicted octanol–water partition coefficient (Wildman–Crippen LogP) is 2.47. The van der Waals surface area contributed by atoms with Gasteiger partial charge in [0.25, 0.3) is 5.91 Å². The zero-order valence-electron chi connectivity index (χ0n) is 10.0. The summed E-state index contributed by atoms with van der Waals surface area (Å²) in [5.74, 6) is 0.347. The summed E-state index contributed by atoms with van der Waals surface area (Å²) < 4.78 is 5.63. The molecule has 0 heterocycles. The Hall–Kier alpha value is -2.49. The zero-order chi connectivity index (χ0) is 13.1. The molecule has 4 heteroatoms. The molecule has 0 saturated heterocycles. The summed E-state index contributed by atoms with van der Waals surface area (Å²) in [6.07, 6.45) is 0. The molecule has 0 saturated carbocycles. The third-order valence-corrected chi connectivity index (χ3v) is 2.55. The van der Waals surface area contributed by atoms with E-state index in [9.17, 15) is 4.79 Å². The Kier molecular flexibility index (Phi) is 3.19. The molecule has 4 nitrogen and oxygen atoms in total. The largest absolute Gasteiger partial charge is 0.454 e. The van der Waals surface area contributed by atoms with E-state index < -0.39 is 5.91 Å². The van der Waals surface area contributed by atoms with Crippen LogP contribution in [0.1, 0.15) is 15.9 Å². The van der Waals surface area contributed by atoms with Crippen LogP contribution in [0.3, 0.4) is 0 Å². The van der Waals surface area contributed by atoms with Gasteiger partial charge in [0.05, 0.1) is 11.3 Å². The lowest BCUT2D eigenvalue weighted by Gasteiger charge is -2.11. The molecule has 0 unspecified atom stereocenters. The molecule has 0 aliphatic rings. The summed E-state index contributed by atoms with van der Waals surface area (Å²) in [5.41, 5.74) is 12.9. The smallest absolute Gasteiger partial charge is 0.252 e. The van der Waals surface area contributed by atoms with Gasteiger partial charge in [0.1, 0.15) is 5.75 Å². The Bertz CT molecular complexity index is 577. The number of para-hydroxylation sites is 1. The fraction of sp³-hybridized carbons (Fsp3) is 0.0714. The summed E-state index contributed by atoms with van der Waals surface area (Å²) in [6.45, 7) is 1.98. The highest BCUT2D eigenvalue weighted by atomic mass is 16.5. The van der Waals surface area contributed by atoms with E-state index in [-0.39, 0.29) is 5.56 Å². The fourth-order valence-electron chi connectivity index (χ4n) is 1.59. The molecule has 92 valence electrons. The van der Waals surface area contributed by atoms with Crippen molar-refractivity contribution in [1.29, 1.82) is 0 Å². The van der Waals surface area contributed by atoms with E-state index in [2.05, 4.69) is 0 Å². The second-order valence-corrected chi connectivity index (χ2v) is 4.00. The molecule has 0 spiro atoms. The summed E-state index contributed by atoms with van der Waals surface area (Å²) in [6, 6.07) is 12.4. The lowest BCUT2D eigenvalue weighted by molar-refractivity contribution is 0.0998. The van der Waals surface area contributed by atoms with Gasteiger partial charge in [-0.3, -0.25) is 4.79 Å². The third-order valence-electron chi connectivity index (χ3n) is 2.55. The van der Waals surface area contributed by atoms with Crippen LogP contribution < -0.4 is 16.2 Å². The van der Waals surface area contributed by atoms with Gasteiger partial charge in [-0.2, -0.15) is 0 Å². The van der Waals surface area contributed by atoms with Gasteiger partial charge in [0, 0.05) is 0 Å². The second kappa shape index (κ2) is 4.79. The van der Waals surface area contributed by atoms with Crippen molar-refractivity contribution in [3.8, 4) is 11.5 Å². The second-order valence-electron chi connectivity index (χ2n) is 4.00. The number of benzene rings is 2. The highest BCUT2D eigenvalue weighted by molar-refractivity contribution is 5.97. The SMILES string of the molecule is Cc1ccc(Oc2c(N)cccc2C(N)=O)cc1. The Labute approximate surface area is 105 Å². The first kappa shape index (κ1) is 12.0. The molecule has 0 aromatic heterocycles. The molecule has 2 aromatic rings. The van der Waals surface area contributed by atoms with E-state index in [1.807, 2.05) is 31.2 Å². The minimum atomic E-state index is -0.565. The molecule has 0 bridgehead atoms. The van der Waals surface area contributed by atoms with Gasteiger partial charge >= 0.3 is 0 Å². The quantitative estimate of drug-likeness (QED) is 0.811. The maximum Gasteiger partial charge on any atom is 0.252 e. The number of nitrogen functional groups attached to an aromatic ring is 1. The van der Waals surface area contributed by atoms with Gasteiger partial charge in [-0.1, -0.05) is 23.8 Å². The van der Waals surface area contributed by atoms with E-state index in [0.717, 1.165) is 5.56 Å². The molecule has 0 radical (unpaired) electrons. The molecule has 2 aromatic carbocycles. The summed E-state index contributed by atoms with van der Waals surface area (Å²) in [7, 11) is 0. The monoisotopic (exact) mass is 242 g/mol. The van der Waals surface area contributed by atoms with Crippen LogP contribution in [-0.4, -0.2) is 5.91 Å². The molecule has 1 amide bonds. The van der Waals surface area contributed by atoms with Crippen LogP contribution in [0.15, 0.2) is 42.5 Å². The lowest BCUT2D eigenvalue weighted by Crippen LogP contribution is -2.13. The van der Waals surface area contributed by atoms with Crippen LogP contribution in [0, 0.1) is 6.92 Å². The number of hydrogen-bond acceptors (Lipinski definition) is 3. The molecule has 0 atom stereocenters. The predicted molar refractivity (Wildman–Crippen MR) is 70.6 cm³/mol. The number of primary amides is 1. The van der Waals surface area contributed by atoms with Crippen molar-refractivity contribution in [3.63, 3.8) is 0 Å². The maximum atomic E-state index is 11.3. The first-order valence-electron chi connectivity index (χ1n) is 5.51. The molecule has 18 heavy (non-hydrogen) atoms. The van der Waals surface area contributed by atoms with Gasteiger partial charge in [0.15, 0.2) is 5.75 Å². The van der Waals surface area contributed by atoms with Crippen LogP contribution in [0.4, 0.5) is 5.69 Å². The summed E-state index contributed by atoms with van der Waals surface area (Å²) in [4.78, 5) is 11.3. The number of anilines is 1. The standard InChI is InChI=1S/C14H14N2O2/c1-9-5-7-10(8-6-9)18-13-11(14(16)17)3-2-4-12(13)15/h2-8H,15H2,1H3,(H2,16,17). The number of aryl methyl sites for hydroxylation is 1. The lowest BCUT2D eigenvalue weighted by atomic mass is 10.1. The highest BCUT2D eigenvalue weighted by Crippen LogP contribution is 2.31. The fourth-order valence-corrected chi connectivity index (χ4v) is 1.59. The molecular formula is C14H14N2O2. The van der Waals surface area contributed by atoms with Crippen molar-refractivity contribution in [2.24, 2.45) is 5.73 Å². The van der Waals surface area contributed by atoms with E-state index in [4.69, 9.17) is 16.2 Å². The van der Waals surface area contributed by atoms with Crippen molar-refractivity contribution in [2.75, 3.05) is 5.73 Å². The molecule has 4 N–H and O–H groups in total. The molecule has 0 aliphatic carbocycles. The Balaban J connectivity index is 2.39. The highest BCUT2D eigenvalue weighted by Gasteiger charge is 2.13. The zero-order valence-corrected chi connectivity index (χ0v) is 10.0. The van der Waals surface area contributed by atoms with Gasteiger partial charge in [0.2, 0.25) is 0 Å². The van der Waals surface area contributed by atoms with Gasteiger partial charge in [-0.15, -0.1) is 0 Å². The number of rotatable bonds is 3. The van der Waals surface area contributed by atoms with Crippen molar-refractivity contribution < 1.29 is 9.53 Å². The number of nitrogens with two attached hydrogens (primary N) is 2. The number of carbonyl (C=O) groups excluding carboxylic acids is 1. The minimum Gasteiger partial charge on any atom is -0.454 e. The first-order chi connectivity index (χ1) is 8.58. The number of amides is 1. The Morgan fingerprint density at radius 3 is 2.39 bits per heavy atom. The topological polar surface area (TPSA) is 78.3 Å². The van der Waals surface area contributed by atoms with E-state index in [0.29, 0.717) is 17.2 Å². The molecule has 0 fully saturated rings. The van der Waals surface area contributed by atoms with Crippen molar-refractivity contribution in [1.82, 2.24) is 0 Å². The van der Waals surface area contributed by atoms with Crippen LogP contribution in [0.25, 0.3) is 0 Å². The number of hydrogen-bond donors (Lipinski definition) is 2. The van der Waals surface area contributed by atoms with Crippen LogP contribution in [0.5, 0.6) is 11.5 Å². The molecule has 2 rings (SSSR count). The maximum absolute atomic E-state index is 11.3. The molecular weight excluding hydrogens is 228 g/mol. The van der Waals surface area contributed by atoms with E-state index >= 15 is 0 Å². The third kappa shape index (κ3) is 2.43. The normalized spacial score (nSPS) is 10.1. The van der Waals surface area contributed by atoms with Crippen molar-refractivity contribution in [2.45, 2.75) is 6.92 Å². The van der Waals surface area contributed by atoms with Crippen LogP contribution in [-0.2, 0) is 0 Å². The van der Waals surface area contributed by atoms with Gasteiger partial charge in [-0.05, 0) is 31.2 Å². The van der Waals surface area contributed by atoms with Gasteiger partial charge < -0.3 is 16.2 Å². The summed E-state index contributed by atoms with van der Waals surface area (Å²) in [5, 5.41) is 0. The van der Waals surface area contributed by atoms with Crippen LogP contribution >= 0.6 is 0 Å². The average molecular weight is 242 g/mol. The van der Waals surface area contributed by atoms with Crippen molar-refractivity contribution in [3.05, 3.63) is 53.6 Å². The van der Waals surface area contributed by atoms with E-state index in [1.54, 1.807) is 18.2 Å². The van der Waals surface area contributed by atoms with Gasteiger partial charge in [-0.25, -0.2) is 0 Å². The number of carbonyl (C=O) groups is 1. The summed E-state index contributed by atoms with van der Waals surface area (Å²) >= 11 is 0. The Morgan fingerprint density at radius 2 is 1.78 bits per heavy atom. The average Bonchev–Trinajstić information content (AvgIpc) is 2.34. The first-order valence-corrected chi connectivity index (χ1v) is 5.51. The number of ether oxygens (including phenoxy) is 1. The Morgan fingerprint density at radius 1 is 1.11 bits per heavy atom. The van der Waals surface area contributed by atoms with E-state index in [1.165, 1.54) is 0 Å².